The molecule has 0 heterocycles. The van der Waals surface area contributed by atoms with Gasteiger partial charge in [-0.1, -0.05) is 30.3 Å². The molecule has 0 unspecified atom stereocenters. The summed E-state index contributed by atoms with van der Waals surface area (Å²) in [6.45, 7) is 2.64. The Morgan fingerprint density at radius 1 is 0.760 bits per heavy atom. The first-order chi connectivity index (χ1) is 12.3. The van der Waals surface area contributed by atoms with Gasteiger partial charge in [-0.2, -0.15) is 0 Å². The molecule has 136 valence electrons. The summed E-state index contributed by atoms with van der Waals surface area (Å²) < 4.78 is 20.9. The smallest absolute Gasteiger partial charge is 0.338 e. The molecule has 0 bridgehead atoms. The van der Waals surface area contributed by atoms with E-state index >= 15 is 0 Å². The Balaban J connectivity index is 1.55. The van der Waals surface area contributed by atoms with Gasteiger partial charge in [-0.15, -0.1) is 0 Å². The molecular formula is C19H24O6. The lowest BCUT2D eigenvalue weighted by Crippen LogP contribution is -2.14. The van der Waals surface area contributed by atoms with Crippen LogP contribution in [0.15, 0.2) is 42.5 Å². The van der Waals surface area contributed by atoms with E-state index in [1.807, 2.05) is 36.4 Å². The molecular weight excluding hydrogens is 324 g/mol. The van der Waals surface area contributed by atoms with E-state index in [0.29, 0.717) is 45.2 Å². The maximum atomic E-state index is 12.0. The molecule has 2 aromatic carbocycles. The van der Waals surface area contributed by atoms with Crippen molar-refractivity contribution in [1.82, 2.24) is 0 Å². The van der Waals surface area contributed by atoms with Gasteiger partial charge in [-0.25, -0.2) is 4.79 Å². The second kappa shape index (κ2) is 11.5. The molecule has 2 rings (SSSR count). The number of esters is 1. The second-order valence-electron chi connectivity index (χ2n) is 5.26. The minimum absolute atomic E-state index is 0.0149. The largest absolute Gasteiger partial charge is 0.460 e. The monoisotopic (exact) mass is 348 g/mol. The van der Waals surface area contributed by atoms with E-state index in [1.54, 1.807) is 6.07 Å². The number of hydrogen-bond acceptors (Lipinski definition) is 6. The van der Waals surface area contributed by atoms with Crippen LogP contribution in [0.25, 0.3) is 10.8 Å². The Morgan fingerprint density at radius 3 is 2.04 bits per heavy atom. The number of fused-ring (bicyclic) bond motifs is 1. The standard InChI is InChI=1S/C19H24O6/c20-7-8-22-9-10-23-11-12-24-13-14-25-19(21)18-6-5-16-3-1-2-4-17(16)15-18/h1-6,15,20H,7-14H2. The fraction of sp³-hybridized carbons (Fsp3) is 0.421. The second-order valence-corrected chi connectivity index (χ2v) is 5.26. The molecule has 0 atom stereocenters. The van der Waals surface area contributed by atoms with Gasteiger partial charge in [-0.3, -0.25) is 0 Å². The number of hydrogen-bond donors (Lipinski definition) is 1. The first kappa shape index (κ1) is 19.3. The van der Waals surface area contributed by atoms with Gasteiger partial charge in [0.05, 0.1) is 51.8 Å². The lowest BCUT2D eigenvalue weighted by Gasteiger charge is -2.08. The van der Waals surface area contributed by atoms with Crippen LogP contribution in [-0.2, 0) is 18.9 Å². The summed E-state index contributed by atoms with van der Waals surface area (Å²) in [5.41, 5.74) is 0.532. The minimum atomic E-state index is -0.355. The van der Waals surface area contributed by atoms with Crippen LogP contribution in [0.4, 0.5) is 0 Å². The number of rotatable bonds is 12. The zero-order chi connectivity index (χ0) is 17.7. The van der Waals surface area contributed by atoms with Crippen LogP contribution in [0, 0.1) is 0 Å². The average molecular weight is 348 g/mol. The summed E-state index contributed by atoms with van der Waals surface area (Å²) >= 11 is 0. The molecule has 2 aromatic rings. The van der Waals surface area contributed by atoms with E-state index in [9.17, 15) is 4.79 Å². The Bertz CT molecular complexity index is 643. The number of aliphatic hydroxyl groups excluding tert-OH is 1. The summed E-state index contributed by atoms with van der Waals surface area (Å²) in [6, 6.07) is 13.4. The van der Waals surface area contributed by atoms with Crippen molar-refractivity contribution >= 4 is 16.7 Å². The van der Waals surface area contributed by atoms with E-state index in [2.05, 4.69) is 0 Å². The molecule has 0 saturated carbocycles. The minimum Gasteiger partial charge on any atom is -0.460 e. The van der Waals surface area contributed by atoms with Gasteiger partial charge < -0.3 is 24.1 Å². The Hall–Kier alpha value is -1.99. The maximum Gasteiger partial charge on any atom is 0.338 e. The van der Waals surface area contributed by atoms with Crippen LogP contribution in [0.2, 0.25) is 0 Å². The Kier molecular flexibility index (Phi) is 8.93. The lowest BCUT2D eigenvalue weighted by molar-refractivity contribution is -0.00313. The molecule has 0 spiro atoms. The van der Waals surface area contributed by atoms with Crippen LogP contribution in [0.1, 0.15) is 10.4 Å². The topological polar surface area (TPSA) is 74.2 Å². The number of ether oxygens (including phenoxy) is 4. The van der Waals surface area contributed by atoms with Crippen molar-refractivity contribution in [2.45, 2.75) is 0 Å². The van der Waals surface area contributed by atoms with Gasteiger partial charge in [0.15, 0.2) is 0 Å². The van der Waals surface area contributed by atoms with Crippen LogP contribution in [0.3, 0.4) is 0 Å². The van der Waals surface area contributed by atoms with Crippen LogP contribution in [0.5, 0.6) is 0 Å². The molecule has 0 aliphatic heterocycles. The maximum absolute atomic E-state index is 12.0. The van der Waals surface area contributed by atoms with Crippen molar-refractivity contribution in [1.29, 1.82) is 0 Å². The summed E-state index contributed by atoms with van der Waals surface area (Å²) in [4.78, 5) is 12.0. The van der Waals surface area contributed by atoms with Crippen molar-refractivity contribution in [2.24, 2.45) is 0 Å². The zero-order valence-corrected chi connectivity index (χ0v) is 14.2. The van der Waals surface area contributed by atoms with Crippen LogP contribution >= 0.6 is 0 Å². The highest BCUT2D eigenvalue weighted by molar-refractivity contribution is 5.95. The number of carbonyl (C=O) groups excluding carboxylic acids is 1. The summed E-state index contributed by atoms with van der Waals surface area (Å²) in [5.74, 6) is -0.355. The Morgan fingerprint density at radius 2 is 1.36 bits per heavy atom. The molecule has 0 aliphatic rings. The average Bonchev–Trinajstić information content (AvgIpc) is 2.65. The molecule has 0 aliphatic carbocycles. The van der Waals surface area contributed by atoms with Gasteiger partial charge in [0.1, 0.15) is 6.61 Å². The fourth-order valence-corrected chi connectivity index (χ4v) is 2.20. The van der Waals surface area contributed by atoms with Crippen molar-refractivity contribution in [2.75, 3.05) is 52.9 Å². The van der Waals surface area contributed by atoms with Crippen molar-refractivity contribution < 1.29 is 28.8 Å². The molecule has 25 heavy (non-hydrogen) atoms. The molecule has 6 heteroatoms. The van der Waals surface area contributed by atoms with Gasteiger partial charge in [0.2, 0.25) is 0 Å². The summed E-state index contributed by atoms with van der Waals surface area (Å²) in [7, 11) is 0. The number of benzene rings is 2. The third kappa shape index (κ3) is 7.19. The van der Waals surface area contributed by atoms with E-state index < -0.39 is 0 Å². The predicted octanol–water partition coefficient (Wildman–Crippen LogP) is 2.04. The Labute approximate surface area is 147 Å². The van der Waals surface area contributed by atoms with Gasteiger partial charge in [0, 0.05) is 0 Å². The molecule has 0 saturated heterocycles. The quantitative estimate of drug-likeness (QED) is 0.467. The van der Waals surface area contributed by atoms with E-state index in [4.69, 9.17) is 24.1 Å². The molecule has 0 radical (unpaired) electrons. The molecule has 1 N–H and O–H groups in total. The van der Waals surface area contributed by atoms with Crippen molar-refractivity contribution in [3.63, 3.8) is 0 Å². The van der Waals surface area contributed by atoms with Gasteiger partial charge >= 0.3 is 5.97 Å². The van der Waals surface area contributed by atoms with E-state index in [0.717, 1.165) is 10.8 Å². The normalized spacial score (nSPS) is 10.9. The van der Waals surface area contributed by atoms with E-state index in [-0.39, 0.29) is 19.2 Å². The molecule has 0 amide bonds. The van der Waals surface area contributed by atoms with Gasteiger partial charge in [0.25, 0.3) is 0 Å². The molecule has 0 aromatic heterocycles. The van der Waals surface area contributed by atoms with E-state index in [1.165, 1.54) is 0 Å². The van der Waals surface area contributed by atoms with Crippen LogP contribution < -0.4 is 0 Å². The molecule has 6 nitrogen and oxygen atoms in total. The summed E-state index contributed by atoms with van der Waals surface area (Å²) in [6.07, 6.45) is 0. The fourth-order valence-electron chi connectivity index (χ4n) is 2.20. The van der Waals surface area contributed by atoms with Crippen molar-refractivity contribution in [3.05, 3.63) is 48.0 Å². The third-order valence-electron chi connectivity index (χ3n) is 3.43. The lowest BCUT2D eigenvalue weighted by atomic mass is 10.1. The van der Waals surface area contributed by atoms with Crippen molar-refractivity contribution in [3.8, 4) is 0 Å². The number of aliphatic hydroxyl groups is 1. The first-order valence-corrected chi connectivity index (χ1v) is 8.31. The third-order valence-corrected chi connectivity index (χ3v) is 3.43. The zero-order valence-electron chi connectivity index (χ0n) is 14.2. The summed E-state index contributed by atoms with van der Waals surface area (Å²) in [5, 5.41) is 10.6. The SMILES string of the molecule is O=C(OCCOCCOCCOCCO)c1ccc2ccccc2c1. The van der Waals surface area contributed by atoms with Gasteiger partial charge in [-0.05, 0) is 22.9 Å². The highest BCUT2D eigenvalue weighted by Gasteiger charge is 2.07. The molecule has 0 fully saturated rings. The number of carbonyl (C=O) groups is 1. The first-order valence-electron chi connectivity index (χ1n) is 8.31. The highest BCUT2D eigenvalue weighted by Crippen LogP contribution is 2.16. The van der Waals surface area contributed by atoms with Crippen LogP contribution in [-0.4, -0.2) is 63.9 Å². The highest BCUT2D eigenvalue weighted by atomic mass is 16.6. The predicted molar refractivity (Wildman–Crippen MR) is 93.8 cm³/mol.